The predicted molar refractivity (Wildman–Crippen MR) is 138 cm³/mol. The van der Waals surface area contributed by atoms with Gasteiger partial charge in [-0.05, 0) is 51.0 Å². The van der Waals surface area contributed by atoms with Crippen LogP contribution in [-0.4, -0.2) is 77.3 Å². The van der Waals surface area contributed by atoms with Crippen LogP contribution in [0.4, 0.5) is 5.69 Å². The van der Waals surface area contributed by atoms with Crippen molar-refractivity contribution in [2.24, 2.45) is 0 Å². The molecule has 3 aromatic rings. The van der Waals surface area contributed by atoms with Crippen molar-refractivity contribution >= 4 is 33.1 Å². The molecule has 0 saturated carbocycles. The number of rotatable bonds is 8. The largest absolute Gasteiger partial charge is 0.491 e. The highest BCUT2D eigenvalue weighted by atomic mass is 32.1. The van der Waals surface area contributed by atoms with Gasteiger partial charge in [-0.1, -0.05) is 18.2 Å². The summed E-state index contributed by atoms with van der Waals surface area (Å²) in [4.78, 5) is 21.6. The summed E-state index contributed by atoms with van der Waals surface area (Å²) in [5.41, 5.74) is 3.99. The lowest BCUT2D eigenvalue weighted by molar-refractivity contribution is -0.118. The number of fused-ring (bicyclic) bond motifs is 1. The van der Waals surface area contributed by atoms with E-state index in [0.717, 1.165) is 57.4 Å². The summed E-state index contributed by atoms with van der Waals surface area (Å²) in [5, 5.41) is 14.6. The van der Waals surface area contributed by atoms with Gasteiger partial charge in [0.15, 0.2) is 0 Å². The molecule has 182 valence electrons. The minimum Gasteiger partial charge on any atom is -0.491 e. The summed E-state index contributed by atoms with van der Waals surface area (Å²) in [6.07, 6.45) is -0.584. The van der Waals surface area contributed by atoms with Crippen molar-refractivity contribution < 1.29 is 14.6 Å². The van der Waals surface area contributed by atoms with E-state index in [2.05, 4.69) is 27.0 Å². The van der Waals surface area contributed by atoms with Crippen LogP contribution in [0.15, 0.2) is 36.4 Å². The number of piperazine rings is 1. The second-order valence-electron chi connectivity index (χ2n) is 9.22. The number of thiazole rings is 1. The number of aliphatic hydroxyl groups is 1. The number of nitrogens with one attached hydrogen (secondary N) is 1. The van der Waals surface area contributed by atoms with Gasteiger partial charge in [-0.25, -0.2) is 4.98 Å². The lowest BCUT2D eigenvalue weighted by Crippen LogP contribution is -2.55. The molecule has 0 radical (unpaired) electrons. The third-order valence-electron chi connectivity index (χ3n) is 6.32. The van der Waals surface area contributed by atoms with Gasteiger partial charge in [0.25, 0.3) is 0 Å². The third kappa shape index (κ3) is 6.13. The van der Waals surface area contributed by atoms with Gasteiger partial charge in [0.2, 0.25) is 5.91 Å². The van der Waals surface area contributed by atoms with Gasteiger partial charge in [-0.3, -0.25) is 14.6 Å². The van der Waals surface area contributed by atoms with E-state index in [1.54, 1.807) is 11.3 Å². The molecule has 0 unspecified atom stereocenters. The minimum absolute atomic E-state index is 0.0124. The zero-order valence-corrected chi connectivity index (χ0v) is 21.2. The molecule has 2 aromatic carbocycles. The minimum atomic E-state index is -0.584. The standard InChI is InChI=1S/C26H34N4O3S/c1-17-6-5-7-18(2)26(17)28-25(32)15-30-11-10-29(13-19(30)3)14-21(31)16-33-22-8-9-24-23(12-22)27-20(4)34-24/h5-9,12,19,21,31H,10-11,13-16H2,1-4H3,(H,28,32)/t19-,21+/m1/s1. The molecule has 34 heavy (non-hydrogen) atoms. The molecule has 1 amide bonds. The Kier molecular flexibility index (Phi) is 7.83. The van der Waals surface area contributed by atoms with Gasteiger partial charge in [0, 0.05) is 44.0 Å². The number of carbonyl (C=O) groups excluding carboxylic acids is 1. The van der Waals surface area contributed by atoms with E-state index in [4.69, 9.17) is 4.74 Å². The molecule has 2 heterocycles. The fraction of sp³-hybridized carbons (Fsp3) is 0.462. The summed E-state index contributed by atoms with van der Waals surface area (Å²) < 4.78 is 6.97. The monoisotopic (exact) mass is 482 g/mol. The Hall–Kier alpha value is -2.52. The molecular weight excluding hydrogens is 448 g/mol. The topological polar surface area (TPSA) is 77.9 Å². The van der Waals surface area contributed by atoms with Gasteiger partial charge in [0.05, 0.1) is 21.8 Å². The molecule has 1 aliphatic rings. The highest BCUT2D eigenvalue weighted by molar-refractivity contribution is 7.18. The molecule has 0 aliphatic carbocycles. The van der Waals surface area contributed by atoms with E-state index >= 15 is 0 Å². The van der Waals surface area contributed by atoms with Crippen LogP contribution in [-0.2, 0) is 4.79 Å². The zero-order chi connectivity index (χ0) is 24.2. The number of para-hydroxylation sites is 1. The van der Waals surface area contributed by atoms with Crippen molar-refractivity contribution in [3.63, 3.8) is 0 Å². The van der Waals surface area contributed by atoms with Crippen molar-refractivity contribution in [3.8, 4) is 5.75 Å². The maximum Gasteiger partial charge on any atom is 0.238 e. The summed E-state index contributed by atoms with van der Waals surface area (Å²) in [6, 6.07) is 12.1. The van der Waals surface area contributed by atoms with Crippen LogP contribution < -0.4 is 10.1 Å². The molecular formula is C26H34N4O3S. The van der Waals surface area contributed by atoms with Crippen LogP contribution in [0.5, 0.6) is 5.75 Å². The van der Waals surface area contributed by atoms with Crippen LogP contribution in [0.2, 0.25) is 0 Å². The Balaban J connectivity index is 1.22. The maximum atomic E-state index is 12.7. The summed E-state index contributed by atoms with van der Waals surface area (Å²) in [6.45, 7) is 11.7. The number of aliphatic hydroxyl groups excluding tert-OH is 1. The first-order valence-electron chi connectivity index (χ1n) is 11.8. The lowest BCUT2D eigenvalue weighted by Gasteiger charge is -2.40. The van der Waals surface area contributed by atoms with Crippen molar-refractivity contribution in [1.29, 1.82) is 0 Å². The van der Waals surface area contributed by atoms with Gasteiger partial charge < -0.3 is 15.2 Å². The van der Waals surface area contributed by atoms with Gasteiger partial charge in [0.1, 0.15) is 18.5 Å². The highest BCUT2D eigenvalue weighted by Crippen LogP contribution is 2.25. The Morgan fingerprint density at radius 1 is 1.24 bits per heavy atom. The number of hydrogen-bond acceptors (Lipinski definition) is 7. The number of hydrogen-bond donors (Lipinski definition) is 2. The van der Waals surface area contributed by atoms with Gasteiger partial charge in [-0.2, -0.15) is 0 Å². The smallest absolute Gasteiger partial charge is 0.238 e. The number of β-amino-alcohol motifs (C(OH)–C–C–N with tert-alkyl or cyclic N) is 1. The molecule has 2 N–H and O–H groups in total. The Morgan fingerprint density at radius 2 is 2.00 bits per heavy atom. The average molecular weight is 483 g/mol. The number of aromatic nitrogens is 1. The van der Waals surface area contributed by atoms with E-state index in [-0.39, 0.29) is 18.6 Å². The van der Waals surface area contributed by atoms with Crippen LogP contribution >= 0.6 is 11.3 Å². The SMILES string of the molecule is Cc1nc2cc(OC[C@@H](O)CN3CCN(CC(=O)Nc4c(C)cccc4C)[C@H](C)C3)ccc2s1. The van der Waals surface area contributed by atoms with E-state index in [9.17, 15) is 9.90 Å². The Labute approximate surface area is 205 Å². The number of nitrogens with zero attached hydrogens (tertiary/aromatic N) is 3. The van der Waals surface area contributed by atoms with Crippen molar-refractivity contribution in [2.45, 2.75) is 39.8 Å². The number of aryl methyl sites for hydroxylation is 3. The van der Waals surface area contributed by atoms with Crippen LogP contribution in [0.1, 0.15) is 23.1 Å². The Bertz CT molecular complexity index is 1130. The van der Waals surface area contributed by atoms with E-state index in [0.29, 0.717) is 13.1 Å². The molecule has 2 atom stereocenters. The number of carbonyl (C=O) groups is 1. The summed E-state index contributed by atoms with van der Waals surface area (Å²) in [5.74, 6) is 0.739. The van der Waals surface area contributed by atoms with Crippen molar-refractivity contribution in [2.75, 3.05) is 44.6 Å². The van der Waals surface area contributed by atoms with E-state index in [1.807, 2.05) is 57.2 Å². The molecule has 1 saturated heterocycles. The molecule has 0 spiro atoms. The van der Waals surface area contributed by atoms with Crippen molar-refractivity contribution in [3.05, 3.63) is 52.5 Å². The first-order valence-corrected chi connectivity index (χ1v) is 12.6. The summed E-state index contributed by atoms with van der Waals surface area (Å²) >= 11 is 1.66. The molecule has 4 rings (SSSR count). The molecule has 1 aliphatic heterocycles. The molecule has 1 aromatic heterocycles. The third-order valence-corrected chi connectivity index (χ3v) is 7.27. The van der Waals surface area contributed by atoms with E-state index in [1.165, 1.54) is 0 Å². The molecule has 8 heteroatoms. The number of anilines is 1. The average Bonchev–Trinajstić information content (AvgIpc) is 3.16. The molecule has 0 bridgehead atoms. The zero-order valence-electron chi connectivity index (χ0n) is 20.4. The number of benzene rings is 2. The van der Waals surface area contributed by atoms with Crippen LogP contribution in [0, 0.1) is 20.8 Å². The van der Waals surface area contributed by atoms with Gasteiger partial charge >= 0.3 is 0 Å². The maximum absolute atomic E-state index is 12.7. The highest BCUT2D eigenvalue weighted by Gasteiger charge is 2.26. The quantitative estimate of drug-likeness (QED) is 0.511. The molecule has 7 nitrogen and oxygen atoms in total. The first kappa shape index (κ1) is 24.6. The lowest BCUT2D eigenvalue weighted by atomic mass is 10.1. The molecule has 1 fully saturated rings. The van der Waals surface area contributed by atoms with Crippen molar-refractivity contribution in [1.82, 2.24) is 14.8 Å². The second kappa shape index (κ2) is 10.8. The summed E-state index contributed by atoms with van der Waals surface area (Å²) in [7, 11) is 0. The fourth-order valence-corrected chi connectivity index (χ4v) is 5.31. The fourth-order valence-electron chi connectivity index (χ4n) is 4.50. The van der Waals surface area contributed by atoms with Crippen LogP contribution in [0.25, 0.3) is 10.2 Å². The normalized spacial score (nSPS) is 18.2. The number of amides is 1. The van der Waals surface area contributed by atoms with Crippen LogP contribution in [0.3, 0.4) is 0 Å². The first-order chi connectivity index (χ1) is 16.3. The Morgan fingerprint density at radius 3 is 2.74 bits per heavy atom. The van der Waals surface area contributed by atoms with E-state index < -0.39 is 6.10 Å². The predicted octanol–water partition coefficient (Wildman–Crippen LogP) is 3.61. The second-order valence-corrected chi connectivity index (χ2v) is 10.5. The number of ether oxygens (including phenoxy) is 1. The van der Waals surface area contributed by atoms with Gasteiger partial charge in [-0.15, -0.1) is 11.3 Å².